The maximum absolute atomic E-state index is 13.4. The van der Waals surface area contributed by atoms with Crippen LogP contribution in [0.5, 0.6) is 5.75 Å². The second kappa shape index (κ2) is 4.25. The number of halogens is 5. The average Bonchev–Trinajstić information content (AvgIpc) is 2.36. The molecular weight excluding hydrogens is 257 g/mol. The van der Waals surface area contributed by atoms with Crippen LogP contribution in [-0.2, 0) is 0 Å². The third kappa shape index (κ3) is 1.77. The molecule has 18 heavy (non-hydrogen) atoms. The van der Waals surface area contributed by atoms with Gasteiger partial charge in [0.1, 0.15) is 5.75 Å². The van der Waals surface area contributed by atoms with Crippen molar-refractivity contribution in [1.29, 1.82) is 0 Å². The Hall–Kier alpha value is -2.18. The smallest absolute Gasteiger partial charge is 0.200 e. The topological polar surface area (TPSA) is 33.1 Å². The zero-order valence-corrected chi connectivity index (χ0v) is 8.52. The summed E-state index contributed by atoms with van der Waals surface area (Å²) in [5.41, 5.74) is -1.60. The molecule has 0 atom stereocenters. The van der Waals surface area contributed by atoms with Gasteiger partial charge in [-0.2, -0.15) is 0 Å². The van der Waals surface area contributed by atoms with Gasteiger partial charge in [0.05, 0.1) is 17.5 Å². The highest BCUT2D eigenvalue weighted by atomic mass is 19.2. The van der Waals surface area contributed by atoms with Crippen molar-refractivity contribution in [2.24, 2.45) is 0 Å². The van der Waals surface area contributed by atoms with E-state index in [2.05, 4.69) is 4.98 Å². The van der Waals surface area contributed by atoms with Gasteiger partial charge in [-0.25, -0.2) is 22.0 Å². The van der Waals surface area contributed by atoms with Crippen LogP contribution < -0.4 is 0 Å². The van der Waals surface area contributed by atoms with Crippen molar-refractivity contribution in [2.45, 2.75) is 0 Å². The molecule has 7 heteroatoms. The summed E-state index contributed by atoms with van der Waals surface area (Å²) < 4.78 is 65.4. The molecule has 0 aliphatic carbocycles. The first-order chi connectivity index (χ1) is 8.43. The van der Waals surface area contributed by atoms with Crippen LogP contribution in [0.3, 0.4) is 0 Å². The van der Waals surface area contributed by atoms with Crippen LogP contribution >= 0.6 is 0 Å². The molecule has 2 nitrogen and oxygen atoms in total. The zero-order valence-electron chi connectivity index (χ0n) is 8.52. The van der Waals surface area contributed by atoms with E-state index in [4.69, 9.17) is 5.11 Å². The van der Waals surface area contributed by atoms with Gasteiger partial charge in [0.25, 0.3) is 0 Å². The van der Waals surface area contributed by atoms with Crippen LogP contribution in [0.4, 0.5) is 22.0 Å². The number of rotatable bonds is 1. The largest absolute Gasteiger partial charge is 0.506 e. The van der Waals surface area contributed by atoms with Crippen molar-refractivity contribution in [3.8, 4) is 17.0 Å². The number of hydrogen-bond donors (Lipinski definition) is 1. The SMILES string of the molecule is Oc1ccc(-c2c(F)c(F)c(F)c(F)c2F)nc1. The third-order valence-electron chi connectivity index (χ3n) is 2.21. The monoisotopic (exact) mass is 261 g/mol. The van der Waals surface area contributed by atoms with Gasteiger partial charge in [-0.1, -0.05) is 0 Å². The predicted octanol–water partition coefficient (Wildman–Crippen LogP) is 3.15. The highest BCUT2D eigenvalue weighted by Gasteiger charge is 2.27. The van der Waals surface area contributed by atoms with E-state index in [1.165, 1.54) is 0 Å². The van der Waals surface area contributed by atoms with Crippen molar-refractivity contribution in [2.75, 3.05) is 0 Å². The molecule has 2 rings (SSSR count). The molecule has 0 saturated heterocycles. The maximum Gasteiger partial charge on any atom is 0.200 e. The Morgan fingerprint density at radius 2 is 1.28 bits per heavy atom. The fraction of sp³-hybridized carbons (Fsp3) is 0. The van der Waals surface area contributed by atoms with Gasteiger partial charge >= 0.3 is 0 Å². The minimum absolute atomic E-state index is 0.303. The van der Waals surface area contributed by atoms with Gasteiger partial charge in [-0.05, 0) is 12.1 Å². The Labute approximate surface area is 97.3 Å². The van der Waals surface area contributed by atoms with Gasteiger partial charge in [0, 0.05) is 0 Å². The molecule has 1 N–H and O–H groups in total. The molecule has 0 spiro atoms. The minimum Gasteiger partial charge on any atom is -0.506 e. The van der Waals surface area contributed by atoms with Crippen LogP contribution in [0.1, 0.15) is 0 Å². The summed E-state index contributed by atoms with van der Waals surface area (Å²) in [6.45, 7) is 0. The molecule has 94 valence electrons. The highest BCUT2D eigenvalue weighted by molar-refractivity contribution is 5.61. The van der Waals surface area contributed by atoms with E-state index in [1.54, 1.807) is 0 Å². The van der Waals surface area contributed by atoms with Gasteiger partial charge in [-0.15, -0.1) is 0 Å². The average molecular weight is 261 g/mol. The molecule has 0 saturated carbocycles. The Balaban J connectivity index is 2.75. The molecule has 0 unspecified atom stereocenters. The Bertz CT molecular complexity index is 583. The predicted molar refractivity (Wildman–Crippen MR) is 51.1 cm³/mol. The first kappa shape index (κ1) is 12.3. The van der Waals surface area contributed by atoms with Gasteiger partial charge < -0.3 is 5.11 Å². The molecule has 1 aromatic carbocycles. The third-order valence-corrected chi connectivity index (χ3v) is 2.21. The van der Waals surface area contributed by atoms with Crippen molar-refractivity contribution < 1.29 is 27.1 Å². The van der Waals surface area contributed by atoms with E-state index in [-0.39, 0.29) is 5.75 Å². The molecule has 0 radical (unpaired) electrons. The Morgan fingerprint density at radius 3 is 1.72 bits per heavy atom. The lowest BCUT2D eigenvalue weighted by molar-refractivity contribution is 0.381. The molecule has 0 fully saturated rings. The number of pyridine rings is 1. The standard InChI is InChI=1S/C11H4F5NO/c12-7-6(5-2-1-4(18)3-17-5)8(13)10(15)11(16)9(7)14/h1-3,18H. The summed E-state index contributed by atoms with van der Waals surface area (Å²) in [4.78, 5) is 3.40. The minimum atomic E-state index is -2.23. The van der Waals surface area contributed by atoms with Crippen LogP contribution in [0.15, 0.2) is 18.3 Å². The summed E-state index contributed by atoms with van der Waals surface area (Å²) >= 11 is 0. The molecule has 1 aromatic heterocycles. The second-order valence-corrected chi connectivity index (χ2v) is 3.35. The van der Waals surface area contributed by atoms with Gasteiger partial charge in [0.2, 0.25) is 5.82 Å². The quantitative estimate of drug-likeness (QED) is 0.486. The van der Waals surface area contributed by atoms with E-state index >= 15 is 0 Å². The van der Waals surface area contributed by atoms with Crippen molar-refractivity contribution in [3.05, 3.63) is 47.4 Å². The molecular formula is C11H4F5NO. The van der Waals surface area contributed by atoms with Gasteiger partial charge in [0.15, 0.2) is 23.3 Å². The molecule has 0 aliphatic heterocycles. The lowest BCUT2D eigenvalue weighted by Gasteiger charge is -2.07. The van der Waals surface area contributed by atoms with E-state index in [1.807, 2.05) is 0 Å². The van der Waals surface area contributed by atoms with Crippen molar-refractivity contribution in [1.82, 2.24) is 4.98 Å². The second-order valence-electron chi connectivity index (χ2n) is 3.35. The summed E-state index contributed by atoms with van der Waals surface area (Å²) in [5, 5.41) is 8.94. The number of aromatic hydroxyl groups is 1. The van der Waals surface area contributed by atoms with Gasteiger partial charge in [-0.3, -0.25) is 4.98 Å². The lowest BCUT2D eigenvalue weighted by atomic mass is 10.1. The van der Waals surface area contributed by atoms with Crippen LogP contribution in [0, 0.1) is 29.1 Å². The summed E-state index contributed by atoms with van der Waals surface area (Å²) in [7, 11) is 0. The fourth-order valence-electron chi connectivity index (χ4n) is 1.36. The van der Waals surface area contributed by atoms with Crippen LogP contribution in [0.25, 0.3) is 11.3 Å². The molecule has 2 aromatic rings. The highest BCUT2D eigenvalue weighted by Crippen LogP contribution is 2.30. The number of nitrogens with zero attached hydrogens (tertiary/aromatic N) is 1. The maximum atomic E-state index is 13.4. The summed E-state index contributed by atoms with van der Waals surface area (Å²) in [5.74, 6) is -10.6. The van der Waals surface area contributed by atoms with E-state index in [0.29, 0.717) is 0 Å². The fourth-order valence-corrected chi connectivity index (χ4v) is 1.36. The molecule has 0 amide bonds. The summed E-state index contributed by atoms with van der Waals surface area (Å²) in [6.07, 6.45) is 0.827. The lowest BCUT2D eigenvalue weighted by Crippen LogP contribution is -2.04. The Morgan fingerprint density at radius 1 is 0.778 bits per heavy atom. The van der Waals surface area contributed by atoms with Crippen molar-refractivity contribution in [3.63, 3.8) is 0 Å². The number of benzene rings is 1. The zero-order chi connectivity index (χ0) is 13.4. The Kier molecular flexibility index (Phi) is 2.90. The molecule has 1 heterocycles. The van der Waals surface area contributed by atoms with E-state index in [0.717, 1.165) is 18.3 Å². The van der Waals surface area contributed by atoms with E-state index < -0.39 is 40.3 Å². The van der Waals surface area contributed by atoms with Crippen LogP contribution in [-0.4, -0.2) is 10.1 Å². The first-order valence-corrected chi connectivity index (χ1v) is 4.60. The number of aromatic nitrogens is 1. The number of hydrogen-bond acceptors (Lipinski definition) is 2. The molecule has 0 aliphatic rings. The van der Waals surface area contributed by atoms with Crippen molar-refractivity contribution >= 4 is 0 Å². The first-order valence-electron chi connectivity index (χ1n) is 4.60. The van der Waals surface area contributed by atoms with E-state index in [9.17, 15) is 22.0 Å². The molecule has 0 bridgehead atoms. The van der Waals surface area contributed by atoms with Crippen LogP contribution in [0.2, 0.25) is 0 Å². The normalized spacial score (nSPS) is 10.7. The summed E-state index contributed by atoms with van der Waals surface area (Å²) in [6, 6.07) is 1.95.